The summed E-state index contributed by atoms with van der Waals surface area (Å²) >= 11 is 5.36. The van der Waals surface area contributed by atoms with Crippen LogP contribution >= 0.6 is 11.6 Å². The monoisotopic (exact) mass is 1490 g/mol. The number of aromatic nitrogens is 2. The van der Waals surface area contributed by atoms with E-state index >= 15 is 0 Å². The van der Waals surface area contributed by atoms with Crippen LogP contribution < -0.4 is 42.2 Å². The quantitative estimate of drug-likeness (QED) is 0.0122. The van der Waals surface area contributed by atoms with E-state index in [-0.39, 0.29) is 59.0 Å². The molecule has 106 heavy (non-hydrogen) atoms. The van der Waals surface area contributed by atoms with E-state index in [0.717, 1.165) is 11.6 Å². The molecule has 4 amide bonds. The summed E-state index contributed by atoms with van der Waals surface area (Å²) < 4.78 is 99.0. The molecule has 4 fully saturated rings. The summed E-state index contributed by atoms with van der Waals surface area (Å²) in [5, 5.41) is 18.1. The van der Waals surface area contributed by atoms with E-state index in [1.54, 1.807) is 44.3 Å². The van der Waals surface area contributed by atoms with Gasteiger partial charge in [0, 0.05) is 72.3 Å². The molecule has 0 aliphatic heterocycles. The molecule has 0 saturated heterocycles. The molecule has 4 saturated carbocycles. The molecule has 0 radical (unpaired) electrons. The Morgan fingerprint density at radius 1 is 0.453 bits per heavy atom. The first-order chi connectivity index (χ1) is 50.2. The fourth-order valence-corrected chi connectivity index (χ4v) is 9.98. The van der Waals surface area contributed by atoms with E-state index in [0.29, 0.717) is 108 Å². The molecule has 30 heteroatoms. The molecule has 9 N–H and O–H groups in total. The molecule has 6 aromatic carbocycles. The lowest BCUT2D eigenvalue weighted by atomic mass is 10.0. The number of hydrogen-bond donors (Lipinski definition) is 7. The second-order valence-corrected chi connectivity index (χ2v) is 25.3. The van der Waals surface area contributed by atoms with Gasteiger partial charge in [0.05, 0.1) is 37.0 Å². The maximum absolute atomic E-state index is 14.9. The molecule has 2 aromatic heterocycles. The van der Waals surface area contributed by atoms with Crippen LogP contribution in [0.3, 0.4) is 0 Å². The van der Waals surface area contributed by atoms with Crippen molar-refractivity contribution in [3.8, 4) is 23.0 Å². The fraction of sp³-hybridized carbons (Fsp3) is 0.263. The summed E-state index contributed by atoms with van der Waals surface area (Å²) in [6.07, 6.45) is 6.85. The number of anilines is 6. The van der Waals surface area contributed by atoms with Crippen LogP contribution in [0.4, 0.5) is 60.5 Å². The Bertz CT molecular complexity index is 4560. The van der Waals surface area contributed by atoms with Crippen molar-refractivity contribution in [1.82, 2.24) is 9.97 Å². The van der Waals surface area contributed by atoms with Crippen molar-refractivity contribution in [1.29, 1.82) is 0 Å². The van der Waals surface area contributed by atoms with Gasteiger partial charge >= 0.3 is 17.9 Å². The highest BCUT2D eigenvalue weighted by molar-refractivity contribution is 6.67. The molecule has 4 aliphatic rings. The van der Waals surface area contributed by atoms with Crippen LogP contribution in [-0.2, 0) is 70.3 Å². The number of carboxylic acids is 1. The molecule has 0 atom stereocenters. The predicted octanol–water partition coefficient (Wildman–Crippen LogP) is 13.4. The Morgan fingerprint density at radius 3 is 1.13 bits per heavy atom. The number of hydrogen-bond acceptors (Lipinski definition) is 18. The molecule has 23 nitrogen and oxygen atoms in total. The molecule has 12 rings (SSSR count). The number of carboxylic acid groups (broad SMARTS) is 1. The minimum absolute atomic E-state index is 0.0179. The van der Waals surface area contributed by atoms with Gasteiger partial charge < -0.3 is 56.8 Å². The Balaban J connectivity index is 0.000000190. The van der Waals surface area contributed by atoms with Gasteiger partial charge in [-0.05, 0) is 223 Å². The van der Waals surface area contributed by atoms with E-state index in [9.17, 15) is 74.3 Å². The lowest BCUT2D eigenvalue weighted by molar-refractivity contribution is -0.159. The molecule has 0 bridgehead atoms. The van der Waals surface area contributed by atoms with Crippen LogP contribution in [0.1, 0.15) is 87.7 Å². The van der Waals surface area contributed by atoms with E-state index in [2.05, 4.69) is 40.7 Å². The fourth-order valence-electron chi connectivity index (χ4n) is 9.71. The number of methoxy groups -OCH3 is 2. The highest BCUT2D eigenvalue weighted by Gasteiger charge is 2.60. The lowest BCUT2D eigenvalue weighted by Gasteiger charge is -2.17. The lowest BCUT2D eigenvalue weighted by Crippen LogP contribution is -2.35. The van der Waals surface area contributed by atoms with Crippen molar-refractivity contribution in [3.63, 3.8) is 0 Å². The molecule has 0 unspecified atom stereocenters. The SMILES string of the molecule is CC(=O)Cc1cc(Oc2cc(F)c(N)cc2C)ccn1.CC(=O)Cc1cc(Oc2cc(F)c(NC(=O)C3(C(=O)Nc4ccc(F)cc4)CC3)cc2C)ccn1.COC(=O)C1(C(=O)Nc2ccc(F)cc2)CC1.COC(=O)C1(C(=O)O)CC1.Nc1ccc(F)cc1.O=C(Cl)C1(C(=O)Nc2ccc(F)cc2)CC1. The third-order valence-electron chi connectivity index (χ3n) is 16.6. The number of rotatable bonds is 20. The summed E-state index contributed by atoms with van der Waals surface area (Å²) in [6, 6.07) is 33.5. The van der Waals surface area contributed by atoms with Gasteiger partial charge in [0.15, 0.2) is 5.41 Å². The summed E-state index contributed by atoms with van der Waals surface area (Å²) in [5.41, 5.74) is 10.5. The van der Waals surface area contributed by atoms with Crippen LogP contribution in [0.2, 0.25) is 0 Å². The van der Waals surface area contributed by atoms with E-state index < -0.39 is 85.9 Å². The zero-order valence-corrected chi connectivity index (χ0v) is 58.7. The number of ketones is 2. The Kier molecular flexibility index (Phi) is 27.6. The van der Waals surface area contributed by atoms with E-state index in [1.165, 1.54) is 150 Å². The van der Waals surface area contributed by atoms with Crippen LogP contribution in [0.15, 0.2) is 158 Å². The minimum Gasteiger partial charge on any atom is -0.480 e. The Labute approximate surface area is 608 Å². The molecule has 8 aromatic rings. The van der Waals surface area contributed by atoms with Crippen molar-refractivity contribution in [3.05, 3.63) is 215 Å². The first kappa shape index (κ1) is 81.3. The largest absolute Gasteiger partial charge is 0.480 e. The summed E-state index contributed by atoms with van der Waals surface area (Å²) in [4.78, 5) is 123. The molecule has 556 valence electrons. The average Bonchev–Trinajstić information content (AvgIpc) is 1.62. The summed E-state index contributed by atoms with van der Waals surface area (Å²) in [7, 11) is 2.46. The number of benzene rings is 6. The minimum atomic E-state index is -1.31. The maximum Gasteiger partial charge on any atom is 0.323 e. The number of nitrogens with one attached hydrogen (secondary N) is 4. The molecule has 4 aliphatic carbocycles. The van der Waals surface area contributed by atoms with Gasteiger partial charge in [-0.3, -0.25) is 57.9 Å². The number of ether oxygens (including phenoxy) is 4. The first-order valence-corrected chi connectivity index (χ1v) is 32.8. The second kappa shape index (κ2) is 35.9. The topological polar surface area (TPSA) is 354 Å². The number of halogens is 7. The van der Waals surface area contributed by atoms with Gasteiger partial charge in [0.25, 0.3) is 0 Å². The van der Waals surface area contributed by atoms with Crippen LogP contribution in [0.25, 0.3) is 0 Å². The molecule has 2 heterocycles. The number of esters is 2. The van der Waals surface area contributed by atoms with Gasteiger partial charge in [-0.15, -0.1) is 0 Å². The number of nitrogen functional groups attached to an aromatic ring is 2. The third-order valence-corrected chi connectivity index (χ3v) is 16.9. The smallest absolute Gasteiger partial charge is 0.323 e. The number of carbonyl (C=O) groups is 10. The third kappa shape index (κ3) is 22.5. The number of aliphatic carboxylic acids is 1. The highest BCUT2D eigenvalue weighted by Crippen LogP contribution is 2.50. The van der Waals surface area contributed by atoms with E-state index in [1.807, 2.05) is 0 Å². The van der Waals surface area contributed by atoms with Crippen molar-refractivity contribution < 1.29 is 98.3 Å². The molecular formula is C76H73ClF6N8O15. The van der Waals surface area contributed by atoms with Gasteiger partial charge in [0.1, 0.15) is 85.7 Å². The maximum atomic E-state index is 14.9. The van der Waals surface area contributed by atoms with Gasteiger partial charge in [-0.2, -0.15) is 0 Å². The highest BCUT2D eigenvalue weighted by atomic mass is 35.5. The van der Waals surface area contributed by atoms with Gasteiger partial charge in [0.2, 0.25) is 28.9 Å². The average molecular weight is 1490 g/mol. The van der Waals surface area contributed by atoms with Gasteiger partial charge in [-0.1, -0.05) is 0 Å². The van der Waals surface area contributed by atoms with Crippen LogP contribution in [0.5, 0.6) is 23.0 Å². The second-order valence-electron chi connectivity index (χ2n) is 24.9. The van der Waals surface area contributed by atoms with Crippen LogP contribution in [-0.4, -0.2) is 87.6 Å². The zero-order chi connectivity index (χ0) is 77.8. The number of Topliss-reactive ketones (excluding diaryl/α,β-unsaturated/α-hetero) is 2. The molecule has 0 spiro atoms. The molecular weight excluding hydrogens is 1410 g/mol. The van der Waals surface area contributed by atoms with Crippen molar-refractivity contribution in [2.75, 3.05) is 47.0 Å². The Morgan fingerprint density at radius 2 is 0.792 bits per heavy atom. The number of amides is 4. The summed E-state index contributed by atoms with van der Waals surface area (Å²) in [6.45, 7) is 6.42. The Hall–Kier alpha value is -12.0. The van der Waals surface area contributed by atoms with Crippen molar-refractivity contribution in [2.24, 2.45) is 21.7 Å². The normalized spacial score (nSPS) is 14.1. The van der Waals surface area contributed by atoms with Gasteiger partial charge in [-0.25, -0.2) is 26.3 Å². The number of nitrogens with two attached hydrogens (primary N) is 2. The predicted molar refractivity (Wildman–Crippen MR) is 378 cm³/mol. The van der Waals surface area contributed by atoms with Crippen molar-refractivity contribution in [2.45, 2.75) is 91.9 Å². The summed E-state index contributed by atoms with van der Waals surface area (Å²) in [5.74, 6) is -5.39. The van der Waals surface area contributed by atoms with Crippen molar-refractivity contribution >= 4 is 104 Å². The van der Waals surface area contributed by atoms with Crippen LogP contribution in [0, 0.1) is 70.4 Å². The standard InChI is InChI=1S/C26H23F2N3O4.C15H15FN2O2.C12H12FNO3.C11H9ClFNO2.C6H6FN.C6H8O4/c1-15-11-22(21(28)14-23(15)35-20-7-10-29-19(13-20)12-16(2)32)31-25(34)26(8-9-26)24(33)30-18-5-3-17(27)4-6-18;1-9-5-14(17)13(16)8-15(9)20-12-3-4-18-11(7-12)6-10(2)19;1-17-11(16)12(6-7-12)10(15)14-9-4-2-8(13)3-5-9;12-9(15)11(5-6-11)10(16)14-8-3-1-7(13)2-4-8;7-5-1-3-6(8)4-2-5;1-10-5(9)6(2-3-6)4(7)8/h3-7,10-11,13-14H,8-9,12H2,1-2H3,(H,30,33)(H,31,34);3-5,7-8H,6,17H2,1-2H3;2-5H,6-7H2,1H3,(H,14,15);1-4H,5-6H2,(H,14,16);1-4H,8H2;2-3H2,1H3,(H,7,8). The number of pyridine rings is 2. The zero-order valence-electron chi connectivity index (χ0n) is 57.9. The number of aryl methyl sites for hydroxylation is 2. The number of carbonyl (C=O) groups excluding carboxylic acids is 9. The van der Waals surface area contributed by atoms with E-state index in [4.69, 9.17) is 37.6 Å². The first-order valence-electron chi connectivity index (χ1n) is 32.4. The number of nitrogens with zero attached hydrogens (tertiary/aromatic N) is 2.